The number of fused-ring (bicyclic) bond motifs is 1. The Morgan fingerprint density at radius 3 is 2.69 bits per heavy atom. The molecule has 26 heavy (non-hydrogen) atoms. The lowest BCUT2D eigenvalue weighted by Crippen LogP contribution is -2.30. The monoisotopic (exact) mass is 346 g/mol. The number of hydrogen-bond acceptors (Lipinski definition) is 4. The van der Waals surface area contributed by atoms with Gasteiger partial charge in [-0.25, -0.2) is 8.96 Å². The van der Waals surface area contributed by atoms with Gasteiger partial charge in [-0.15, -0.1) is 0 Å². The second-order valence-corrected chi connectivity index (χ2v) is 6.20. The van der Waals surface area contributed by atoms with Gasteiger partial charge >= 0.3 is 5.65 Å². The number of aromatic nitrogens is 4. The van der Waals surface area contributed by atoms with Gasteiger partial charge in [0.05, 0.1) is 18.9 Å². The summed E-state index contributed by atoms with van der Waals surface area (Å²) in [6, 6.07) is 10.8. The molecule has 0 fully saturated rings. The van der Waals surface area contributed by atoms with Crippen molar-refractivity contribution >= 4 is 16.9 Å². The molecule has 0 aliphatic carbocycles. The first-order chi connectivity index (χ1) is 12.5. The Hall–Kier alpha value is -3.41. The molecule has 0 aliphatic rings. The zero-order valence-corrected chi connectivity index (χ0v) is 14.4. The normalized spacial score (nSPS) is 11.0. The summed E-state index contributed by atoms with van der Waals surface area (Å²) in [5.41, 5.74) is 10.9. The molecule has 0 saturated heterocycles. The average Bonchev–Trinajstić information content (AvgIpc) is 2.65. The summed E-state index contributed by atoms with van der Waals surface area (Å²) in [6.07, 6.45) is 5.16. The van der Waals surface area contributed by atoms with Gasteiger partial charge in [-0.05, 0) is 47.8 Å². The van der Waals surface area contributed by atoms with Crippen LogP contribution in [-0.2, 0) is 7.05 Å². The summed E-state index contributed by atoms with van der Waals surface area (Å²) >= 11 is 0. The molecule has 0 atom stereocenters. The van der Waals surface area contributed by atoms with Crippen molar-refractivity contribution in [2.45, 2.75) is 6.92 Å². The van der Waals surface area contributed by atoms with Gasteiger partial charge < -0.3 is 5.73 Å². The van der Waals surface area contributed by atoms with Crippen LogP contribution in [0.4, 0.5) is 10.2 Å². The molecule has 2 N–H and O–H groups in total. The first-order valence-electron chi connectivity index (χ1n) is 8.16. The lowest BCUT2D eigenvalue weighted by atomic mass is 9.98. The summed E-state index contributed by atoms with van der Waals surface area (Å²) in [6.45, 7) is 1.75. The molecule has 0 aliphatic heterocycles. The fourth-order valence-corrected chi connectivity index (χ4v) is 3.09. The minimum Gasteiger partial charge on any atom is -0.383 e. The van der Waals surface area contributed by atoms with Gasteiger partial charge in [-0.3, -0.25) is 4.98 Å². The Balaban J connectivity index is 1.96. The molecule has 3 aromatic heterocycles. The summed E-state index contributed by atoms with van der Waals surface area (Å²) in [5.74, 6) is 0.198. The molecule has 1 aromatic carbocycles. The molecule has 128 valence electrons. The van der Waals surface area contributed by atoms with E-state index in [-0.39, 0.29) is 5.82 Å². The summed E-state index contributed by atoms with van der Waals surface area (Å²) < 4.78 is 15.6. The third-order valence-electron chi connectivity index (χ3n) is 4.41. The zero-order chi connectivity index (χ0) is 18.3. The van der Waals surface area contributed by atoms with E-state index in [0.717, 1.165) is 33.4 Å². The molecule has 6 heteroatoms. The molecular weight excluding hydrogens is 329 g/mol. The minimum atomic E-state index is -0.228. The van der Waals surface area contributed by atoms with Crippen molar-refractivity contribution in [3.8, 4) is 22.4 Å². The zero-order valence-electron chi connectivity index (χ0n) is 14.4. The van der Waals surface area contributed by atoms with Crippen LogP contribution in [-0.4, -0.2) is 15.0 Å². The molecule has 4 rings (SSSR count). The molecule has 0 radical (unpaired) electrons. The van der Waals surface area contributed by atoms with E-state index in [2.05, 4.69) is 15.0 Å². The van der Waals surface area contributed by atoms with Crippen molar-refractivity contribution < 1.29 is 8.96 Å². The SMILES string of the molecule is Cc1cc(-c2ncccc2-c2cc3c(N)ncnc3[n+](C)c2)ccc1F. The van der Waals surface area contributed by atoms with Crippen molar-refractivity contribution in [1.82, 2.24) is 15.0 Å². The number of hydrogen-bond donors (Lipinski definition) is 1. The molecule has 4 aromatic rings. The van der Waals surface area contributed by atoms with Crippen molar-refractivity contribution in [3.05, 3.63) is 66.5 Å². The quantitative estimate of drug-likeness (QED) is 0.566. The van der Waals surface area contributed by atoms with E-state index in [1.807, 2.05) is 36.0 Å². The van der Waals surface area contributed by atoms with Gasteiger partial charge in [0.1, 0.15) is 17.0 Å². The maximum atomic E-state index is 13.7. The molecular formula is C20H17FN5+. The van der Waals surface area contributed by atoms with E-state index in [1.54, 1.807) is 25.3 Å². The Kier molecular flexibility index (Phi) is 3.80. The predicted octanol–water partition coefficient (Wildman–Crippen LogP) is 3.21. The number of nitrogen functional groups attached to an aromatic ring is 1. The predicted molar refractivity (Wildman–Crippen MR) is 98.5 cm³/mol. The summed E-state index contributed by atoms with van der Waals surface area (Å²) in [5, 5.41) is 0.776. The number of nitrogens with zero attached hydrogens (tertiary/aromatic N) is 4. The number of nitrogens with two attached hydrogens (primary N) is 1. The molecule has 0 spiro atoms. The van der Waals surface area contributed by atoms with Crippen LogP contribution in [0.3, 0.4) is 0 Å². The molecule has 0 amide bonds. The Labute approximate surface area is 150 Å². The second-order valence-electron chi connectivity index (χ2n) is 6.20. The van der Waals surface area contributed by atoms with Gasteiger partial charge in [-0.1, -0.05) is 6.07 Å². The van der Waals surface area contributed by atoms with Crippen LogP contribution >= 0.6 is 0 Å². The highest BCUT2D eigenvalue weighted by Gasteiger charge is 2.16. The second kappa shape index (κ2) is 6.15. The number of pyridine rings is 2. The lowest BCUT2D eigenvalue weighted by Gasteiger charge is -2.10. The molecule has 0 bridgehead atoms. The molecule has 0 unspecified atom stereocenters. The molecule has 3 heterocycles. The van der Waals surface area contributed by atoms with Crippen molar-refractivity contribution in [2.24, 2.45) is 7.05 Å². The highest BCUT2D eigenvalue weighted by atomic mass is 19.1. The number of anilines is 1. The van der Waals surface area contributed by atoms with E-state index in [4.69, 9.17) is 5.73 Å². The van der Waals surface area contributed by atoms with Crippen molar-refractivity contribution in [2.75, 3.05) is 5.73 Å². The van der Waals surface area contributed by atoms with Gasteiger partial charge in [0.15, 0.2) is 0 Å². The maximum Gasteiger partial charge on any atom is 0.335 e. The van der Waals surface area contributed by atoms with Crippen LogP contribution in [0, 0.1) is 12.7 Å². The average molecular weight is 346 g/mol. The van der Waals surface area contributed by atoms with Gasteiger partial charge in [0.2, 0.25) is 6.33 Å². The number of rotatable bonds is 2. The summed E-state index contributed by atoms with van der Waals surface area (Å²) in [7, 11) is 1.91. The lowest BCUT2D eigenvalue weighted by molar-refractivity contribution is -0.646. The summed E-state index contributed by atoms with van der Waals surface area (Å²) in [4.78, 5) is 12.9. The van der Waals surface area contributed by atoms with Crippen molar-refractivity contribution in [1.29, 1.82) is 0 Å². The highest BCUT2D eigenvalue weighted by molar-refractivity contribution is 5.89. The fourth-order valence-electron chi connectivity index (χ4n) is 3.09. The van der Waals surface area contributed by atoms with Crippen LogP contribution in [0.15, 0.2) is 55.1 Å². The van der Waals surface area contributed by atoms with Crippen LogP contribution in [0.2, 0.25) is 0 Å². The first-order valence-corrected chi connectivity index (χ1v) is 8.16. The Morgan fingerprint density at radius 2 is 1.88 bits per heavy atom. The van der Waals surface area contributed by atoms with E-state index in [0.29, 0.717) is 11.4 Å². The van der Waals surface area contributed by atoms with Crippen LogP contribution < -0.4 is 10.3 Å². The van der Waals surface area contributed by atoms with E-state index >= 15 is 0 Å². The third kappa shape index (κ3) is 2.65. The van der Waals surface area contributed by atoms with Crippen LogP contribution in [0.5, 0.6) is 0 Å². The standard InChI is InChI=1S/C20H16FN5/c1-12-8-13(5-6-17(12)21)18-15(4-3-7-23-18)14-9-16-19(22)24-11-25-20(16)26(2)10-14/h3-11,22H,1-2H3/p+1. The van der Waals surface area contributed by atoms with Gasteiger partial charge in [0, 0.05) is 22.9 Å². The van der Waals surface area contributed by atoms with Crippen molar-refractivity contribution in [3.63, 3.8) is 0 Å². The Morgan fingerprint density at radius 1 is 1.04 bits per heavy atom. The number of aryl methyl sites for hydroxylation is 2. The van der Waals surface area contributed by atoms with Gasteiger partial charge in [-0.2, -0.15) is 4.98 Å². The fraction of sp³-hybridized carbons (Fsp3) is 0.100. The minimum absolute atomic E-state index is 0.228. The van der Waals surface area contributed by atoms with E-state index in [9.17, 15) is 4.39 Å². The molecule has 5 nitrogen and oxygen atoms in total. The highest BCUT2D eigenvalue weighted by Crippen LogP contribution is 2.32. The van der Waals surface area contributed by atoms with Crippen LogP contribution in [0.25, 0.3) is 33.4 Å². The van der Waals surface area contributed by atoms with E-state index < -0.39 is 0 Å². The smallest absolute Gasteiger partial charge is 0.335 e. The maximum absolute atomic E-state index is 13.7. The Bertz CT molecular complexity index is 1140. The largest absolute Gasteiger partial charge is 0.383 e. The van der Waals surface area contributed by atoms with E-state index in [1.165, 1.54) is 12.4 Å². The first kappa shape index (κ1) is 16.1. The number of benzene rings is 1. The van der Waals surface area contributed by atoms with Gasteiger partial charge in [0.25, 0.3) is 0 Å². The van der Waals surface area contributed by atoms with Crippen LogP contribution in [0.1, 0.15) is 5.56 Å². The third-order valence-corrected chi connectivity index (χ3v) is 4.41. The molecule has 0 saturated carbocycles. The topological polar surface area (TPSA) is 68.6 Å². The number of halogens is 1.